The number of alkyl halides is 3. The van der Waals surface area contributed by atoms with Gasteiger partial charge in [-0.2, -0.15) is 0 Å². The van der Waals surface area contributed by atoms with E-state index in [1.54, 1.807) is 26.0 Å². The summed E-state index contributed by atoms with van der Waals surface area (Å²) >= 11 is 5.91. The van der Waals surface area contributed by atoms with Crippen LogP contribution in [0.1, 0.15) is 24.4 Å². The first-order valence-corrected chi connectivity index (χ1v) is 10.9. The van der Waals surface area contributed by atoms with Crippen LogP contribution in [0.25, 0.3) is 11.3 Å². The lowest BCUT2D eigenvalue weighted by Gasteiger charge is -2.16. The highest BCUT2D eigenvalue weighted by atomic mass is 35.5. The third-order valence-corrected chi connectivity index (χ3v) is 5.13. The number of nitrogens with one attached hydrogen (secondary N) is 3. The fourth-order valence-corrected chi connectivity index (χ4v) is 3.27. The van der Waals surface area contributed by atoms with Gasteiger partial charge in [0.2, 0.25) is 5.76 Å². The topological polar surface area (TPSA) is 143 Å². The molecule has 3 aromatic rings. The highest BCUT2D eigenvalue weighted by Crippen LogP contribution is 2.30. The second kappa shape index (κ2) is 11.2. The van der Waals surface area contributed by atoms with Crippen LogP contribution in [0.15, 0.2) is 53.1 Å². The number of hydrogen-bond donors (Lipinski definition) is 4. The Kier molecular flexibility index (Phi) is 8.28. The lowest BCUT2D eigenvalue weighted by atomic mass is 10.0. The molecule has 0 spiro atoms. The van der Waals surface area contributed by atoms with E-state index in [1.165, 1.54) is 18.2 Å². The van der Waals surface area contributed by atoms with Gasteiger partial charge in [0.05, 0.1) is 10.7 Å². The molecule has 0 aliphatic heterocycles. The maximum absolute atomic E-state index is 12.3. The highest BCUT2D eigenvalue weighted by molar-refractivity contribution is 6.34. The van der Waals surface area contributed by atoms with Crippen LogP contribution in [0.4, 0.5) is 29.3 Å². The van der Waals surface area contributed by atoms with Gasteiger partial charge in [-0.05, 0) is 30.2 Å². The second-order valence-corrected chi connectivity index (χ2v) is 8.36. The molecule has 37 heavy (non-hydrogen) atoms. The number of benzene rings is 2. The molecule has 0 aliphatic rings. The summed E-state index contributed by atoms with van der Waals surface area (Å²) in [6.45, 7) is 3.30. The smallest absolute Gasteiger partial charge is 0.480 e. The Hall–Kier alpha value is -4.26. The number of urea groups is 1. The first-order chi connectivity index (χ1) is 17.3. The Morgan fingerprint density at radius 1 is 1.05 bits per heavy atom. The molecule has 1 unspecified atom stereocenters. The summed E-state index contributed by atoms with van der Waals surface area (Å²) in [6.07, 6.45) is -4.88. The summed E-state index contributed by atoms with van der Waals surface area (Å²) in [6, 6.07) is 8.84. The van der Waals surface area contributed by atoms with Crippen LogP contribution in [0, 0.1) is 5.92 Å². The molecule has 2 aromatic carbocycles. The largest absolute Gasteiger partial charge is 0.573 e. The molecule has 0 fully saturated rings. The Morgan fingerprint density at radius 2 is 1.73 bits per heavy atom. The molecule has 0 saturated heterocycles. The van der Waals surface area contributed by atoms with Gasteiger partial charge >= 0.3 is 18.4 Å². The molecule has 14 heteroatoms. The third-order valence-electron chi connectivity index (χ3n) is 4.81. The van der Waals surface area contributed by atoms with Gasteiger partial charge in [-0.1, -0.05) is 42.7 Å². The molecule has 4 N–H and O–H groups in total. The fourth-order valence-electron chi connectivity index (χ4n) is 3.05. The monoisotopic (exact) mass is 540 g/mol. The lowest BCUT2D eigenvalue weighted by Crippen LogP contribution is -2.44. The molecule has 1 aromatic heterocycles. The number of aromatic nitrogens is 1. The summed E-state index contributed by atoms with van der Waals surface area (Å²) in [5.74, 6) is -2.96. The van der Waals surface area contributed by atoms with Crippen molar-refractivity contribution in [2.24, 2.45) is 5.92 Å². The molecular weight excluding hydrogens is 521 g/mol. The average Bonchev–Trinajstić information content (AvgIpc) is 3.28. The molecule has 3 amide bonds. The van der Waals surface area contributed by atoms with Crippen molar-refractivity contribution in [2.75, 3.05) is 10.6 Å². The summed E-state index contributed by atoms with van der Waals surface area (Å²) in [5.41, 5.74) is 1.25. The van der Waals surface area contributed by atoms with Gasteiger partial charge in [-0.15, -0.1) is 13.2 Å². The maximum atomic E-state index is 12.3. The van der Waals surface area contributed by atoms with Gasteiger partial charge in [0, 0.05) is 23.4 Å². The minimum absolute atomic E-state index is 0.0568. The Bertz CT molecular complexity index is 1290. The predicted octanol–water partition coefficient (Wildman–Crippen LogP) is 5.38. The van der Waals surface area contributed by atoms with Crippen molar-refractivity contribution >= 4 is 40.9 Å². The van der Waals surface area contributed by atoms with E-state index in [2.05, 4.69) is 25.8 Å². The van der Waals surface area contributed by atoms with Crippen molar-refractivity contribution < 1.29 is 41.9 Å². The van der Waals surface area contributed by atoms with Crippen molar-refractivity contribution in [1.82, 2.24) is 10.5 Å². The van der Waals surface area contributed by atoms with Crippen molar-refractivity contribution in [2.45, 2.75) is 26.3 Å². The number of amides is 3. The number of rotatable bonds is 8. The SMILES string of the molecule is CC(C)C(NC(=O)c1cc(-c2ccc(NC(=O)Nc3ccc(OC(F)(F)F)cc3Cl)cc2)no1)C(=O)O. The van der Waals surface area contributed by atoms with Crippen LogP contribution in [0.5, 0.6) is 5.75 Å². The number of anilines is 2. The van der Waals surface area contributed by atoms with E-state index in [1.807, 2.05) is 0 Å². The molecule has 10 nitrogen and oxygen atoms in total. The van der Waals surface area contributed by atoms with Gasteiger partial charge in [0.25, 0.3) is 5.91 Å². The Balaban J connectivity index is 1.61. The molecular formula is C23H20ClF3N4O6. The van der Waals surface area contributed by atoms with Gasteiger partial charge in [-0.3, -0.25) is 4.79 Å². The molecule has 0 aliphatic carbocycles. The van der Waals surface area contributed by atoms with Crippen molar-refractivity contribution in [3.63, 3.8) is 0 Å². The van der Waals surface area contributed by atoms with E-state index in [0.717, 1.165) is 18.2 Å². The van der Waals surface area contributed by atoms with E-state index in [0.29, 0.717) is 16.9 Å². The van der Waals surface area contributed by atoms with Gasteiger partial charge < -0.3 is 30.3 Å². The normalized spacial score (nSPS) is 12.1. The molecule has 0 bridgehead atoms. The van der Waals surface area contributed by atoms with E-state index < -0.39 is 36.1 Å². The number of hydrogen-bond acceptors (Lipinski definition) is 6. The summed E-state index contributed by atoms with van der Waals surface area (Å²) in [7, 11) is 0. The number of halogens is 4. The molecule has 1 atom stereocenters. The Labute approximate surface area is 212 Å². The van der Waals surface area contributed by atoms with Crippen LogP contribution >= 0.6 is 11.6 Å². The molecule has 0 saturated carbocycles. The number of carboxylic acid groups (broad SMARTS) is 1. The zero-order valence-electron chi connectivity index (χ0n) is 19.2. The van der Waals surface area contributed by atoms with Crippen LogP contribution < -0.4 is 20.7 Å². The number of carbonyl (C=O) groups is 3. The number of aliphatic carboxylic acids is 1. The van der Waals surface area contributed by atoms with Crippen molar-refractivity contribution in [1.29, 1.82) is 0 Å². The molecule has 1 heterocycles. The lowest BCUT2D eigenvalue weighted by molar-refractivity contribution is -0.274. The predicted molar refractivity (Wildman–Crippen MR) is 126 cm³/mol. The van der Waals surface area contributed by atoms with E-state index in [4.69, 9.17) is 16.1 Å². The van der Waals surface area contributed by atoms with Crippen molar-refractivity contribution in [3.8, 4) is 17.0 Å². The zero-order chi connectivity index (χ0) is 27.3. The van der Waals surface area contributed by atoms with E-state index in [-0.39, 0.29) is 22.4 Å². The first kappa shape index (κ1) is 27.3. The van der Waals surface area contributed by atoms with E-state index in [9.17, 15) is 32.7 Å². The van der Waals surface area contributed by atoms with Gasteiger partial charge in [0.1, 0.15) is 17.5 Å². The number of carboxylic acids is 1. The quantitative estimate of drug-likeness (QED) is 0.300. The van der Waals surface area contributed by atoms with Gasteiger partial charge in [0.15, 0.2) is 0 Å². The highest BCUT2D eigenvalue weighted by Gasteiger charge is 2.31. The molecule has 196 valence electrons. The Morgan fingerprint density at radius 3 is 2.30 bits per heavy atom. The average molecular weight is 541 g/mol. The van der Waals surface area contributed by atoms with Crippen LogP contribution in [-0.4, -0.2) is 40.6 Å². The summed E-state index contributed by atoms with van der Waals surface area (Å²) in [4.78, 5) is 35.8. The number of nitrogens with zero attached hydrogens (tertiary/aromatic N) is 1. The number of carbonyl (C=O) groups excluding carboxylic acids is 2. The zero-order valence-corrected chi connectivity index (χ0v) is 20.0. The van der Waals surface area contributed by atoms with Gasteiger partial charge in [-0.25, -0.2) is 9.59 Å². The minimum atomic E-state index is -4.88. The minimum Gasteiger partial charge on any atom is -0.480 e. The summed E-state index contributed by atoms with van der Waals surface area (Å²) < 4.78 is 45.7. The maximum Gasteiger partial charge on any atom is 0.573 e. The van der Waals surface area contributed by atoms with Crippen molar-refractivity contribution in [3.05, 3.63) is 59.3 Å². The van der Waals surface area contributed by atoms with E-state index >= 15 is 0 Å². The first-order valence-electron chi connectivity index (χ1n) is 10.6. The summed E-state index contributed by atoms with van der Waals surface area (Å²) in [5, 5.41) is 20.2. The fraction of sp³-hybridized carbons (Fsp3) is 0.217. The molecule has 3 rings (SSSR count). The molecule has 0 radical (unpaired) electrons. The van der Waals surface area contributed by atoms with Crippen LogP contribution in [0.3, 0.4) is 0 Å². The third kappa shape index (κ3) is 7.61. The van der Waals surface area contributed by atoms with Crippen LogP contribution in [0.2, 0.25) is 5.02 Å². The number of ether oxygens (including phenoxy) is 1. The second-order valence-electron chi connectivity index (χ2n) is 7.96. The standard InChI is InChI=1S/C23H20ClF3N4O6/c1-11(2)19(21(33)34)30-20(32)18-10-17(31-37-18)12-3-5-13(6-4-12)28-22(35)29-16-8-7-14(9-15(16)24)36-23(25,26)27/h3-11,19H,1-2H3,(H,30,32)(H,33,34)(H2,28,29,35). The van der Waals surface area contributed by atoms with Crippen LogP contribution in [-0.2, 0) is 4.79 Å².